The van der Waals surface area contributed by atoms with Crippen LogP contribution in [0.3, 0.4) is 0 Å². The maximum atomic E-state index is 4.00. The molecule has 0 bridgehead atoms. The lowest BCUT2D eigenvalue weighted by atomic mass is 9.94. The first-order chi connectivity index (χ1) is 16.2. The third-order valence-corrected chi connectivity index (χ3v) is 8.20. The van der Waals surface area contributed by atoms with Gasteiger partial charge in [-0.1, -0.05) is 62.8 Å². The number of para-hydroxylation sites is 4. The van der Waals surface area contributed by atoms with Crippen LogP contribution in [0.2, 0.25) is 0 Å². The van der Waals surface area contributed by atoms with E-state index in [1.165, 1.54) is 98.6 Å². The van der Waals surface area contributed by atoms with Crippen LogP contribution < -0.4 is 19.6 Å². The molecule has 0 saturated heterocycles. The summed E-state index contributed by atoms with van der Waals surface area (Å²) in [5.74, 6) is 2.41. The van der Waals surface area contributed by atoms with E-state index >= 15 is 0 Å². The molecule has 0 unspecified atom stereocenters. The average Bonchev–Trinajstić information content (AvgIpc) is 3.32. The third-order valence-electron chi connectivity index (χ3n) is 8.20. The second-order valence-electron chi connectivity index (χ2n) is 10.2. The zero-order valence-electron chi connectivity index (χ0n) is 20.1. The van der Waals surface area contributed by atoms with E-state index in [0.29, 0.717) is 12.1 Å². The van der Waals surface area contributed by atoms with Crippen molar-refractivity contribution >= 4 is 22.7 Å². The summed E-state index contributed by atoms with van der Waals surface area (Å²) >= 11 is 0. The van der Waals surface area contributed by atoms with Crippen molar-refractivity contribution in [2.75, 3.05) is 33.7 Å². The maximum absolute atomic E-state index is 4.00. The molecule has 2 aliphatic heterocycles. The van der Waals surface area contributed by atoms with E-state index in [1.807, 2.05) is 0 Å². The Bertz CT molecular complexity index is 1000. The zero-order chi connectivity index (χ0) is 22.4. The van der Waals surface area contributed by atoms with Gasteiger partial charge in [0.25, 0.3) is 0 Å². The molecule has 4 aliphatic rings. The highest BCUT2D eigenvalue weighted by Crippen LogP contribution is 2.47. The van der Waals surface area contributed by atoms with Crippen molar-refractivity contribution in [3.63, 3.8) is 0 Å². The molecule has 0 amide bonds. The van der Waals surface area contributed by atoms with E-state index in [0.717, 1.165) is 0 Å². The maximum Gasteiger partial charge on any atom is 0.162 e. The van der Waals surface area contributed by atoms with Gasteiger partial charge in [0.2, 0.25) is 0 Å². The van der Waals surface area contributed by atoms with Crippen LogP contribution in [0, 0.1) is 0 Å². The van der Waals surface area contributed by atoms with Crippen molar-refractivity contribution in [1.29, 1.82) is 0 Å². The number of fused-ring (bicyclic) bond motifs is 2. The highest BCUT2D eigenvalue weighted by atomic mass is 15.4. The van der Waals surface area contributed by atoms with E-state index in [4.69, 9.17) is 0 Å². The zero-order valence-corrected chi connectivity index (χ0v) is 20.1. The summed E-state index contributed by atoms with van der Waals surface area (Å²) in [5.41, 5.74) is 9.29. The molecule has 2 aliphatic carbocycles. The summed E-state index contributed by atoms with van der Waals surface area (Å²) in [5, 5.41) is 0. The number of rotatable bonds is 2. The Morgan fingerprint density at radius 1 is 0.545 bits per heavy atom. The van der Waals surface area contributed by atoms with Crippen LogP contribution in [-0.4, -0.2) is 26.2 Å². The van der Waals surface area contributed by atoms with Gasteiger partial charge in [-0.25, -0.2) is 0 Å². The van der Waals surface area contributed by atoms with Crippen molar-refractivity contribution in [3.8, 4) is 0 Å². The topological polar surface area (TPSA) is 13.0 Å². The Balaban J connectivity index is 1.52. The quantitative estimate of drug-likeness (QED) is 0.474. The fourth-order valence-electron chi connectivity index (χ4n) is 6.49. The Hall–Kier alpha value is -2.84. The molecular weight excluding hydrogens is 404 g/mol. The fraction of sp³-hybridized carbons (Fsp3) is 0.483. The van der Waals surface area contributed by atoms with E-state index in [9.17, 15) is 0 Å². The molecule has 4 heteroatoms. The SMILES string of the molecule is CN1C(=C=C2N(C)c3ccccc3N2C2CCCCC2)N(C2CCCCC2)c2ccccc21. The van der Waals surface area contributed by atoms with Gasteiger partial charge in [-0.2, -0.15) is 0 Å². The monoisotopic (exact) mass is 440 g/mol. The smallest absolute Gasteiger partial charge is 0.162 e. The van der Waals surface area contributed by atoms with Crippen molar-refractivity contribution in [2.24, 2.45) is 0 Å². The first kappa shape index (κ1) is 20.7. The van der Waals surface area contributed by atoms with Crippen LogP contribution in [0.4, 0.5) is 22.7 Å². The Morgan fingerprint density at radius 2 is 0.909 bits per heavy atom. The fourth-order valence-corrected chi connectivity index (χ4v) is 6.49. The number of anilines is 4. The highest BCUT2D eigenvalue weighted by Gasteiger charge is 2.38. The molecule has 6 rings (SSSR count). The molecule has 0 radical (unpaired) electrons. The Labute approximate surface area is 198 Å². The first-order valence-corrected chi connectivity index (χ1v) is 13.0. The van der Waals surface area contributed by atoms with Crippen molar-refractivity contribution in [3.05, 3.63) is 65.9 Å². The van der Waals surface area contributed by atoms with Crippen LogP contribution in [0.1, 0.15) is 64.2 Å². The molecule has 2 heterocycles. The molecule has 4 nitrogen and oxygen atoms in total. The largest absolute Gasteiger partial charge is 0.322 e. The summed E-state index contributed by atoms with van der Waals surface area (Å²) < 4.78 is 0. The summed E-state index contributed by atoms with van der Waals surface area (Å²) in [7, 11) is 4.44. The van der Waals surface area contributed by atoms with Gasteiger partial charge in [0, 0.05) is 26.2 Å². The second-order valence-corrected chi connectivity index (χ2v) is 10.2. The minimum Gasteiger partial charge on any atom is -0.322 e. The molecule has 2 saturated carbocycles. The van der Waals surface area contributed by atoms with Crippen LogP contribution >= 0.6 is 0 Å². The Kier molecular flexibility index (Phi) is 5.34. The number of nitrogens with zero attached hydrogens (tertiary/aromatic N) is 4. The summed E-state index contributed by atoms with van der Waals surface area (Å²) in [6.45, 7) is 0. The first-order valence-electron chi connectivity index (χ1n) is 13.0. The highest BCUT2D eigenvalue weighted by molar-refractivity contribution is 5.85. The van der Waals surface area contributed by atoms with Gasteiger partial charge in [-0.3, -0.25) is 0 Å². The van der Waals surface area contributed by atoms with Crippen molar-refractivity contribution < 1.29 is 0 Å². The molecule has 33 heavy (non-hydrogen) atoms. The Morgan fingerprint density at radius 3 is 1.30 bits per heavy atom. The predicted molar refractivity (Wildman–Crippen MR) is 139 cm³/mol. The third kappa shape index (κ3) is 3.43. The lowest BCUT2D eigenvalue weighted by molar-refractivity contribution is 0.428. The normalized spacial score (nSPS) is 21.5. The molecule has 2 fully saturated rings. The minimum atomic E-state index is 0.560. The molecule has 0 atom stereocenters. The molecular formula is C29H36N4. The number of hydrogen-bond acceptors (Lipinski definition) is 4. The molecule has 0 aromatic heterocycles. The van der Waals surface area contributed by atoms with E-state index in [1.54, 1.807) is 0 Å². The molecule has 2 aromatic rings. The van der Waals surface area contributed by atoms with E-state index in [2.05, 4.69) is 88.0 Å². The molecule has 172 valence electrons. The minimum absolute atomic E-state index is 0.560. The lowest BCUT2D eigenvalue weighted by Gasteiger charge is -2.35. The van der Waals surface area contributed by atoms with Crippen molar-refractivity contribution in [1.82, 2.24) is 0 Å². The van der Waals surface area contributed by atoms with E-state index in [-0.39, 0.29) is 0 Å². The van der Waals surface area contributed by atoms with Gasteiger partial charge in [0.15, 0.2) is 11.6 Å². The van der Waals surface area contributed by atoms with Crippen LogP contribution in [-0.2, 0) is 0 Å². The molecule has 2 aromatic carbocycles. The van der Waals surface area contributed by atoms with Gasteiger partial charge >= 0.3 is 0 Å². The van der Waals surface area contributed by atoms with Gasteiger partial charge in [0.05, 0.1) is 22.7 Å². The van der Waals surface area contributed by atoms with E-state index < -0.39 is 0 Å². The number of hydrogen-bond donors (Lipinski definition) is 0. The summed E-state index contributed by atoms with van der Waals surface area (Å²) in [6.07, 6.45) is 13.1. The summed E-state index contributed by atoms with van der Waals surface area (Å²) in [6, 6.07) is 18.9. The number of benzene rings is 2. The van der Waals surface area contributed by atoms with Gasteiger partial charge in [-0.15, -0.1) is 0 Å². The van der Waals surface area contributed by atoms with Gasteiger partial charge in [0.1, 0.15) is 0 Å². The molecule has 0 spiro atoms. The van der Waals surface area contributed by atoms with Crippen LogP contribution in [0.25, 0.3) is 0 Å². The van der Waals surface area contributed by atoms with Crippen LogP contribution in [0.15, 0.2) is 65.9 Å². The second kappa shape index (κ2) is 8.50. The standard InChI is InChI=1S/C29H36N4/c1-30-24-17-9-11-19-26(24)32(22-13-5-3-6-14-22)28(30)21-29-31(2)25-18-10-12-20-27(25)33(29)23-15-7-4-8-16-23/h9-12,17-20,22-23H,3-8,13-16H2,1-2H3. The van der Waals surface area contributed by atoms with Gasteiger partial charge in [-0.05, 0) is 55.7 Å². The molecule has 0 N–H and O–H groups in total. The lowest BCUT2D eigenvalue weighted by Crippen LogP contribution is -2.39. The van der Waals surface area contributed by atoms with Crippen molar-refractivity contribution in [2.45, 2.75) is 76.3 Å². The van der Waals surface area contributed by atoms with Gasteiger partial charge < -0.3 is 19.6 Å². The average molecular weight is 441 g/mol. The predicted octanol–water partition coefficient (Wildman–Crippen LogP) is 6.85. The van der Waals surface area contributed by atoms with Crippen LogP contribution in [0.5, 0.6) is 0 Å². The summed E-state index contributed by atoms with van der Waals surface area (Å²) in [4.78, 5) is 9.95.